The van der Waals surface area contributed by atoms with E-state index in [4.69, 9.17) is 4.74 Å². The molecule has 0 aliphatic heterocycles. The summed E-state index contributed by atoms with van der Waals surface area (Å²) in [6, 6.07) is 0. The van der Waals surface area contributed by atoms with Crippen LogP contribution in [0.3, 0.4) is 0 Å². The standard InChI is InChI=1S/C14H16F3NO6S/c15-14(16,17)25(22,23)18-10(19)6-24-12(21)13-3-7-1-8(4-13)11(20)9(2-7)5-13/h7-9H,1-6H2,(H,18,19)/p-1. The van der Waals surface area contributed by atoms with Gasteiger partial charge in [-0.3, -0.25) is 9.59 Å². The lowest BCUT2D eigenvalue weighted by Gasteiger charge is -2.53. The topological polar surface area (TPSA) is 113 Å². The van der Waals surface area contributed by atoms with Crippen molar-refractivity contribution < 1.29 is 41.0 Å². The van der Waals surface area contributed by atoms with Crippen molar-refractivity contribution >= 4 is 27.7 Å². The van der Waals surface area contributed by atoms with Crippen molar-refractivity contribution in [3.8, 4) is 0 Å². The SMILES string of the molecule is O=C1C2CC3CC1CC(C(=O)OC/C([O-])=N/S(=O)(=O)C(F)(F)F)(C3)C2. The van der Waals surface area contributed by atoms with Crippen LogP contribution in [0.25, 0.3) is 0 Å². The van der Waals surface area contributed by atoms with Crippen LogP contribution in [0.1, 0.15) is 32.1 Å². The molecule has 4 aliphatic carbocycles. The molecule has 0 aromatic rings. The molecule has 4 saturated carbocycles. The highest BCUT2D eigenvalue weighted by atomic mass is 32.2. The van der Waals surface area contributed by atoms with E-state index in [1.54, 1.807) is 0 Å². The number of halogens is 3. The molecule has 2 atom stereocenters. The van der Waals surface area contributed by atoms with E-state index in [2.05, 4.69) is 4.40 Å². The molecule has 0 aromatic heterocycles. The third-order valence-electron chi connectivity index (χ3n) is 5.27. The maximum absolute atomic E-state index is 12.4. The minimum absolute atomic E-state index is 0.140. The number of nitrogens with zero attached hydrogens (tertiary/aromatic N) is 1. The van der Waals surface area contributed by atoms with Crippen LogP contribution in [-0.2, 0) is 24.3 Å². The number of carbonyl (C=O) groups is 2. The van der Waals surface area contributed by atoms with E-state index < -0.39 is 39.4 Å². The number of rotatable bonds is 4. The molecule has 0 spiro atoms. The maximum Gasteiger partial charge on any atom is 0.518 e. The molecule has 0 amide bonds. The Morgan fingerprint density at radius 3 is 2.32 bits per heavy atom. The van der Waals surface area contributed by atoms with Gasteiger partial charge in [0.1, 0.15) is 12.4 Å². The fourth-order valence-corrected chi connectivity index (χ4v) is 4.91. The number of ether oxygens (including phenoxy) is 1. The summed E-state index contributed by atoms with van der Waals surface area (Å²) in [4.78, 5) is 24.4. The lowest BCUT2D eigenvalue weighted by molar-refractivity contribution is -0.224. The van der Waals surface area contributed by atoms with E-state index >= 15 is 0 Å². The average molecular weight is 382 g/mol. The first kappa shape index (κ1) is 18.2. The quantitative estimate of drug-likeness (QED) is 0.398. The van der Waals surface area contributed by atoms with Gasteiger partial charge in [0.2, 0.25) is 0 Å². The van der Waals surface area contributed by atoms with E-state index in [0.29, 0.717) is 19.3 Å². The zero-order chi connectivity index (χ0) is 18.6. The van der Waals surface area contributed by atoms with E-state index in [0.717, 1.165) is 12.8 Å². The summed E-state index contributed by atoms with van der Waals surface area (Å²) in [6.45, 7) is -1.18. The number of Topliss-reactive ketones (excluding diaryl/α,β-unsaturated/α-hetero) is 1. The van der Waals surface area contributed by atoms with Crippen molar-refractivity contribution in [3.63, 3.8) is 0 Å². The average Bonchev–Trinajstić information content (AvgIpc) is 2.47. The smallest absolute Gasteiger partial charge is 0.518 e. The monoisotopic (exact) mass is 382 g/mol. The molecule has 4 aliphatic rings. The molecule has 2 unspecified atom stereocenters. The highest BCUT2D eigenvalue weighted by Gasteiger charge is 2.59. The van der Waals surface area contributed by atoms with Crippen molar-refractivity contribution in [2.75, 3.05) is 6.61 Å². The molecule has 4 fully saturated rings. The highest BCUT2D eigenvalue weighted by molar-refractivity contribution is 7.91. The first-order chi connectivity index (χ1) is 11.4. The molecule has 7 nitrogen and oxygen atoms in total. The largest absolute Gasteiger partial charge is 0.859 e. The summed E-state index contributed by atoms with van der Waals surface area (Å²) < 4.78 is 64.9. The van der Waals surface area contributed by atoms with Crippen molar-refractivity contribution in [2.45, 2.75) is 37.6 Å². The van der Waals surface area contributed by atoms with Crippen LogP contribution >= 0.6 is 0 Å². The first-order valence-electron chi connectivity index (χ1n) is 7.72. The Labute approximate surface area is 141 Å². The molecule has 0 radical (unpaired) electrons. The van der Waals surface area contributed by atoms with Crippen LogP contribution in [0.2, 0.25) is 0 Å². The third kappa shape index (κ3) is 3.13. The van der Waals surface area contributed by atoms with Gasteiger partial charge in [0.05, 0.1) is 5.41 Å². The molecule has 0 heterocycles. The minimum atomic E-state index is -5.96. The molecule has 0 saturated heterocycles. The van der Waals surface area contributed by atoms with Gasteiger partial charge in [0.25, 0.3) is 0 Å². The number of hydrogen-bond donors (Lipinski definition) is 0. The maximum atomic E-state index is 12.4. The van der Waals surface area contributed by atoms with Crippen LogP contribution in [0.4, 0.5) is 13.2 Å². The zero-order valence-electron chi connectivity index (χ0n) is 12.9. The molecule has 0 aromatic carbocycles. The van der Waals surface area contributed by atoms with Crippen LogP contribution in [0, 0.1) is 23.2 Å². The number of sulfonamides is 1. The van der Waals surface area contributed by atoms with Crippen LogP contribution in [-0.4, -0.2) is 38.2 Å². The van der Waals surface area contributed by atoms with E-state index in [9.17, 15) is 36.3 Å². The van der Waals surface area contributed by atoms with Crippen molar-refractivity contribution in [1.82, 2.24) is 0 Å². The zero-order valence-corrected chi connectivity index (χ0v) is 13.7. The molecular formula is C14H15F3NO6S-. The Morgan fingerprint density at radius 1 is 1.24 bits per heavy atom. The summed E-state index contributed by atoms with van der Waals surface area (Å²) in [5.74, 6) is -2.55. The summed E-state index contributed by atoms with van der Waals surface area (Å²) >= 11 is 0. The predicted octanol–water partition coefficient (Wildman–Crippen LogP) is 0.533. The lowest BCUT2D eigenvalue weighted by Crippen LogP contribution is -2.55. The van der Waals surface area contributed by atoms with Crippen molar-refractivity contribution in [2.24, 2.45) is 27.6 Å². The predicted molar refractivity (Wildman–Crippen MR) is 74.4 cm³/mol. The Morgan fingerprint density at radius 2 is 1.80 bits per heavy atom. The summed E-state index contributed by atoms with van der Waals surface area (Å²) in [5.41, 5.74) is -6.60. The van der Waals surface area contributed by atoms with E-state index in [1.807, 2.05) is 0 Å². The lowest BCUT2D eigenvalue weighted by atomic mass is 9.49. The number of esters is 1. The Kier molecular flexibility index (Phi) is 4.12. The van der Waals surface area contributed by atoms with Gasteiger partial charge in [0.15, 0.2) is 0 Å². The second-order valence-corrected chi connectivity index (χ2v) is 8.60. The molecule has 25 heavy (non-hydrogen) atoms. The van der Waals surface area contributed by atoms with Gasteiger partial charge < -0.3 is 9.84 Å². The highest BCUT2D eigenvalue weighted by Crippen LogP contribution is 2.59. The summed E-state index contributed by atoms with van der Waals surface area (Å²) in [5, 5.41) is 11.3. The molecule has 4 bridgehead atoms. The Hall–Kier alpha value is -1.65. The van der Waals surface area contributed by atoms with Gasteiger partial charge in [-0.15, -0.1) is 0 Å². The number of hydrogen-bond acceptors (Lipinski definition) is 6. The van der Waals surface area contributed by atoms with Crippen LogP contribution < -0.4 is 5.11 Å². The molecular weight excluding hydrogens is 367 g/mol. The molecule has 0 N–H and O–H groups in total. The van der Waals surface area contributed by atoms with Gasteiger partial charge in [-0.1, -0.05) is 0 Å². The van der Waals surface area contributed by atoms with Gasteiger partial charge in [0, 0.05) is 17.7 Å². The fourth-order valence-electron chi connectivity index (χ4n) is 4.49. The Bertz CT molecular complexity index is 726. The minimum Gasteiger partial charge on any atom is -0.859 e. The number of ketones is 1. The summed E-state index contributed by atoms with van der Waals surface area (Å²) in [6.07, 6.45) is 2.58. The van der Waals surface area contributed by atoms with E-state index in [-0.39, 0.29) is 23.5 Å². The third-order valence-corrected chi connectivity index (χ3v) is 6.30. The van der Waals surface area contributed by atoms with Gasteiger partial charge in [-0.25, -0.2) is 0 Å². The number of alkyl halides is 3. The second kappa shape index (κ2) is 5.68. The normalized spacial score (nSPS) is 35.1. The number of carbonyl (C=O) groups excluding carboxylic acids is 2. The Balaban J connectivity index is 1.67. The molecule has 140 valence electrons. The summed E-state index contributed by atoms with van der Waals surface area (Å²) in [7, 11) is -5.96. The van der Waals surface area contributed by atoms with Crippen molar-refractivity contribution in [3.05, 3.63) is 0 Å². The van der Waals surface area contributed by atoms with Crippen LogP contribution in [0.15, 0.2) is 4.40 Å². The van der Waals surface area contributed by atoms with Crippen molar-refractivity contribution in [1.29, 1.82) is 0 Å². The fraction of sp³-hybridized carbons (Fsp3) is 0.786. The van der Waals surface area contributed by atoms with Gasteiger partial charge in [-0.05, 0) is 38.0 Å². The first-order valence-corrected chi connectivity index (χ1v) is 9.16. The molecule has 11 heteroatoms. The van der Waals surface area contributed by atoms with Gasteiger partial charge >= 0.3 is 21.5 Å². The second-order valence-electron chi connectivity index (χ2n) is 7.01. The van der Waals surface area contributed by atoms with Gasteiger partial charge in [-0.2, -0.15) is 26.0 Å². The van der Waals surface area contributed by atoms with E-state index in [1.165, 1.54) is 0 Å². The van der Waals surface area contributed by atoms with Crippen LogP contribution in [0.5, 0.6) is 0 Å². The molecule has 4 rings (SSSR count).